The molecule has 3 N–H and O–H groups in total. The number of carbonyl (C=O) groups is 1. The van der Waals surface area contributed by atoms with Gasteiger partial charge in [-0.05, 0) is 43.3 Å². The molecule has 0 aromatic carbocycles. The summed E-state index contributed by atoms with van der Waals surface area (Å²) in [6.45, 7) is 11.0. The number of aliphatic hydroxyl groups is 1. The molecule has 1 heterocycles. The minimum Gasteiger partial charge on any atom is -0.385 e. The van der Waals surface area contributed by atoms with Gasteiger partial charge in [0.2, 0.25) is 4.34 Å². The molecule has 0 fully saturated rings. The van der Waals surface area contributed by atoms with Crippen LogP contribution in [0.3, 0.4) is 0 Å². The van der Waals surface area contributed by atoms with Crippen molar-refractivity contribution in [2.45, 2.75) is 64.3 Å². The summed E-state index contributed by atoms with van der Waals surface area (Å²) < 4.78 is 30.7. The number of halogens is 1. The lowest BCUT2D eigenvalue weighted by Crippen LogP contribution is -2.21. The third-order valence-electron chi connectivity index (χ3n) is 4.89. The number of aromatic nitrogens is 1. The van der Waals surface area contributed by atoms with Crippen LogP contribution in [0.4, 0.5) is 4.39 Å². The fourth-order valence-corrected chi connectivity index (χ4v) is 5.49. The molecule has 1 aliphatic carbocycles. The van der Waals surface area contributed by atoms with Crippen LogP contribution in [0, 0.1) is 17.8 Å². The van der Waals surface area contributed by atoms with Gasteiger partial charge in [-0.3, -0.25) is 4.79 Å². The van der Waals surface area contributed by atoms with Gasteiger partial charge in [0.15, 0.2) is 9.92 Å². The first-order valence-corrected chi connectivity index (χ1v) is 12.0. The molecule has 1 aromatic heterocycles. The van der Waals surface area contributed by atoms with Crippen molar-refractivity contribution >= 4 is 27.2 Å². The minimum atomic E-state index is -3.53. The normalized spacial score (nSPS) is 20.1. The lowest BCUT2D eigenvalue weighted by Gasteiger charge is -2.30. The number of rotatable bonds is 6. The van der Waals surface area contributed by atoms with Gasteiger partial charge in [0.05, 0.1) is 16.9 Å². The fourth-order valence-electron chi connectivity index (χ4n) is 3.34. The van der Waals surface area contributed by atoms with Gasteiger partial charge < -0.3 is 5.11 Å². The second-order valence-corrected chi connectivity index (χ2v) is 11.6. The van der Waals surface area contributed by atoms with Crippen LogP contribution in [0.1, 0.15) is 59.3 Å². The molecule has 0 bridgehead atoms. The van der Waals surface area contributed by atoms with E-state index in [1.54, 1.807) is 13.8 Å². The molecule has 0 saturated heterocycles. The maximum Gasteiger partial charge on any atom is 0.259 e. The van der Waals surface area contributed by atoms with Crippen molar-refractivity contribution in [3.8, 4) is 0 Å². The highest BCUT2D eigenvalue weighted by molar-refractivity contribution is 7.93. The monoisotopic (exact) mass is 443 g/mol. The summed E-state index contributed by atoms with van der Waals surface area (Å²) >= 11 is 0.967. The summed E-state index contributed by atoms with van der Waals surface area (Å²) in [7, 11) is -3.53. The number of nitrogens with two attached hydrogens (primary N) is 1. The topological polar surface area (TPSA) is 106 Å². The molecule has 1 aromatic rings. The second kappa shape index (κ2) is 8.75. The van der Waals surface area contributed by atoms with Crippen LogP contribution in [-0.4, -0.2) is 20.2 Å². The molecule has 1 amide bonds. The molecule has 9 heteroatoms. The van der Waals surface area contributed by atoms with E-state index in [1.165, 1.54) is 12.3 Å². The molecule has 0 saturated carbocycles. The van der Waals surface area contributed by atoms with E-state index < -0.39 is 21.4 Å². The SMILES string of the molecule is CC(C)C1=C(CC(=O)N=S(N)(=O)c2ncc(C(C)(C)O)s2)C(C(C)C)CC(F)=C1. The summed E-state index contributed by atoms with van der Waals surface area (Å²) in [5.74, 6) is -0.744. The van der Waals surface area contributed by atoms with Gasteiger partial charge in [0.1, 0.15) is 5.83 Å². The van der Waals surface area contributed by atoms with Gasteiger partial charge in [-0.2, -0.15) is 0 Å². The third-order valence-corrected chi connectivity index (χ3v) is 8.04. The van der Waals surface area contributed by atoms with E-state index in [1.807, 2.05) is 27.7 Å². The van der Waals surface area contributed by atoms with Gasteiger partial charge in [-0.25, -0.2) is 18.7 Å². The minimum absolute atomic E-state index is 0.00367. The molecular formula is C20H30FN3O3S2. The van der Waals surface area contributed by atoms with E-state index in [2.05, 4.69) is 9.35 Å². The largest absolute Gasteiger partial charge is 0.385 e. The van der Waals surface area contributed by atoms with Crippen LogP contribution in [-0.2, 0) is 20.3 Å². The van der Waals surface area contributed by atoms with Crippen LogP contribution in [0.2, 0.25) is 0 Å². The molecule has 162 valence electrons. The summed E-state index contributed by atoms with van der Waals surface area (Å²) in [6, 6.07) is 0. The van der Waals surface area contributed by atoms with Crippen LogP contribution < -0.4 is 5.14 Å². The molecular weight excluding hydrogens is 413 g/mol. The highest BCUT2D eigenvalue weighted by Crippen LogP contribution is 2.39. The zero-order valence-corrected chi connectivity index (χ0v) is 19.4. The highest BCUT2D eigenvalue weighted by atomic mass is 32.2. The maximum absolute atomic E-state index is 14.1. The first-order valence-electron chi connectivity index (χ1n) is 9.57. The molecule has 1 aliphatic rings. The van der Waals surface area contributed by atoms with Crippen molar-refractivity contribution in [2.24, 2.45) is 27.3 Å². The number of hydrogen-bond acceptors (Lipinski definition) is 5. The Kier molecular flexibility index (Phi) is 7.20. The number of nitrogens with zero attached hydrogens (tertiary/aromatic N) is 2. The maximum atomic E-state index is 14.1. The first kappa shape index (κ1) is 23.9. The number of amides is 1. The van der Waals surface area contributed by atoms with Gasteiger partial charge in [-0.15, -0.1) is 15.7 Å². The summed E-state index contributed by atoms with van der Waals surface area (Å²) in [6.07, 6.45) is 3.08. The molecule has 29 heavy (non-hydrogen) atoms. The number of allylic oxidation sites excluding steroid dienone is 3. The van der Waals surface area contributed by atoms with E-state index >= 15 is 0 Å². The zero-order chi connectivity index (χ0) is 22.1. The van der Waals surface area contributed by atoms with Crippen molar-refractivity contribution in [3.05, 3.63) is 34.1 Å². The van der Waals surface area contributed by atoms with E-state index in [0.29, 0.717) is 4.88 Å². The van der Waals surface area contributed by atoms with Gasteiger partial charge in [0.25, 0.3) is 5.91 Å². The quantitative estimate of drug-likeness (QED) is 0.676. The highest BCUT2D eigenvalue weighted by Gasteiger charge is 2.30. The predicted octanol–water partition coefficient (Wildman–Crippen LogP) is 4.47. The smallest absolute Gasteiger partial charge is 0.259 e. The second-order valence-electron chi connectivity index (χ2n) is 8.56. The zero-order valence-electron chi connectivity index (χ0n) is 17.7. The molecule has 0 radical (unpaired) electrons. The summed E-state index contributed by atoms with van der Waals surface area (Å²) in [5.41, 5.74) is 0.463. The molecule has 2 unspecified atom stereocenters. The number of thiazole rings is 1. The average Bonchev–Trinajstić information content (AvgIpc) is 3.06. The molecule has 0 aliphatic heterocycles. The predicted molar refractivity (Wildman–Crippen MR) is 114 cm³/mol. The molecule has 2 rings (SSSR count). The van der Waals surface area contributed by atoms with Crippen LogP contribution in [0.15, 0.2) is 37.9 Å². The van der Waals surface area contributed by atoms with E-state index in [0.717, 1.165) is 22.5 Å². The van der Waals surface area contributed by atoms with Gasteiger partial charge >= 0.3 is 0 Å². The van der Waals surface area contributed by atoms with Crippen molar-refractivity contribution < 1.29 is 18.5 Å². The lowest BCUT2D eigenvalue weighted by molar-refractivity contribution is -0.117. The summed E-state index contributed by atoms with van der Waals surface area (Å²) in [4.78, 5) is 17.1. The van der Waals surface area contributed by atoms with Crippen molar-refractivity contribution in [1.29, 1.82) is 0 Å². The van der Waals surface area contributed by atoms with Crippen LogP contribution >= 0.6 is 11.3 Å². The number of carbonyl (C=O) groups excluding carboxylic acids is 1. The molecule has 0 spiro atoms. The Balaban J connectivity index is 2.39. The van der Waals surface area contributed by atoms with Crippen LogP contribution in [0.5, 0.6) is 0 Å². The lowest BCUT2D eigenvalue weighted by atomic mass is 9.75. The van der Waals surface area contributed by atoms with Crippen molar-refractivity contribution in [1.82, 2.24) is 4.98 Å². The Morgan fingerprint density at radius 1 is 1.45 bits per heavy atom. The van der Waals surface area contributed by atoms with Crippen molar-refractivity contribution in [3.63, 3.8) is 0 Å². The van der Waals surface area contributed by atoms with E-state index in [4.69, 9.17) is 5.14 Å². The van der Waals surface area contributed by atoms with Gasteiger partial charge in [0, 0.05) is 12.6 Å². The Morgan fingerprint density at radius 3 is 2.55 bits per heavy atom. The van der Waals surface area contributed by atoms with Crippen LogP contribution in [0.25, 0.3) is 0 Å². The Morgan fingerprint density at radius 2 is 2.07 bits per heavy atom. The standard InChI is InChI=1S/C20H30FN3O3S2/c1-11(2)14-7-13(21)8-15(12(3)4)16(14)9-18(25)24-29(22,27)19-23-10-17(28-19)20(5,6)26/h7,10-12,15,26H,8-9H2,1-6H3,(H2,22,24,25,27). The average molecular weight is 444 g/mol. The van der Waals surface area contributed by atoms with Gasteiger partial charge in [-0.1, -0.05) is 33.3 Å². The molecule has 6 nitrogen and oxygen atoms in total. The Labute approximate surface area is 176 Å². The van der Waals surface area contributed by atoms with E-state index in [-0.39, 0.29) is 40.8 Å². The van der Waals surface area contributed by atoms with Crippen molar-refractivity contribution in [2.75, 3.05) is 0 Å². The first-order chi connectivity index (χ1) is 13.2. The third kappa shape index (κ3) is 5.81. The molecule has 2 atom stereocenters. The Bertz CT molecular complexity index is 962. The Hall–Kier alpha value is -1.42. The summed E-state index contributed by atoms with van der Waals surface area (Å²) in [5, 5.41) is 15.9. The number of hydrogen-bond donors (Lipinski definition) is 2. The van der Waals surface area contributed by atoms with E-state index in [9.17, 15) is 18.5 Å². The fraction of sp³-hybridized carbons (Fsp3) is 0.600.